The number of nitrogens with zero attached hydrogens (tertiary/aromatic N) is 3. The van der Waals surface area contributed by atoms with E-state index in [0.29, 0.717) is 23.1 Å². The maximum atomic E-state index is 12.6. The molecule has 0 aliphatic heterocycles. The second-order valence-electron chi connectivity index (χ2n) is 7.23. The Hall–Kier alpha value is -3.38. The Balaban J connectivity index is 1.67. The van der Waals surface area contributed by atoms with E-state index in [1.165, 1.54) is 0 Å². The van der Waals surface area contributed by atoms with Gasteiger partial charge in [0.2, 0.25) is 5.88 Å². The summed E-state index contributed by atoms with van der Waals surface area (Å²) in [6.07, 6.45) is -0.747. The molecule has 4 aromatic rings. The maximum absolute atomic E-state index is 12.6. The summed E-state index contributed by atoms with van der Waals surface area (Å²) in [5, 5.41) is 9.04. The lowest BCUT2D eigenvalue weighted by atomic mass is 10.0. The maximum Gasteiger partial charge on any atom is 0.265 e. The first-order valence-corrected chi connectivity index (χ1v) is 10.5. The summed E-state index contributed by atoms with van der Waals surface area (Å²) in [5.41, 5.74) is 4.31. The van der Waals surface area contributed by atoms with Crippen molar-refractivity contribution >= 4 is 34.2 Å². The van der Waals surface area contributed by atoms with E-state index in [9.17, 15) is 4.79 Å². The van der Waals surface area contributed by atoms with Crippen LogP contribution >= 0.6 is 11.6 Å². The standard InChI is InChI=1S/C24H23ClN4O2/c1-4-29-23-22(15(2)28-29)20(17-8-6-5-7-9-17)14-21(27-23)31-16(3)24(30)26-19-12-10-18(25)11-13-19/h5-14,16H,4H2,1-3H3,(H,26,30). The second-order valence-corrected chi connectivity index (χ2v) is 7.67. The van der Waals surface area contributed by atoms with E-state index in [0.717, 1.165) is 27.9 Å². The van der Waals surface area contributed by atoms with Crippen LogP contribution in [0.4, 0.5) is 5.69 Å². The minimum atomic E-state index is -0.747. The van der Waals surface area contributed by atoms with Crippen molar-refractivity contribution in [1.29, 1.82) is 0 Å². The van der Waals surface area contributed by atoms with Gasteiger partial charge in [-0.15, -0.1) is 0 Å². The summed E-state index contributed by atoms with van der Waals surface area (Å²) < 4.78 is 7.81. The summed E-state index contributed by atoms with van der Waals surface area (Å²) in [4.78, 5) is 17.3. The van der Waals surface area contributed by atoms with Gasteiger partial charge in [0.15, 0.2) is 11.8 Å². The molecule has 1 atom stereocenters. The fraction of sp³-hybridized carbons (Fsp3) is 0.208. The molecule has 2 aromatic carbocycles. The number of nitrogens with one attached hydrogen (secondary N) is 1. The summed E-state index contributed by atoms with van der Waals surface area (Å²) in [6, 6.07) is 18.8. The van der Waals surface area contributed by atoms with Crippen molar-refractivity contribution in [2.75, 3.05) is 5.32 Å². The number of rotatable bonds is 6. The molecule has 0 aliphatic rings. The molecule has 1 unspecified atom stereocenters. The average molecular weight is 435 g/mol. The zero-order valence-electron chi connectivity index (χ0n) is 17.6. The van der Waals surface area contributed by atoms with Gasteiger partial charge in [-0.25, -0.2) is 4.68 Å². The minimum absolute atomic E-state index is 0.273. The van der Waals surface area contributed by atoms with Crippen LogP contribution in [0.15, 0.2) is 60.7 Å². The van der Waals surface area contributed by atoms with E-state index in [1.54, 1.807) is 31.2 Å². The Labute approximate surface area is 185 Å². The molecule has 2 heterocycles. The number of amides is 1. The number of aryl methyl sites for hydroxylation is 2. The van der Waals surface area contributed by atoms with E-state index in [4.69, 9.17) is 16.3 Å². The molecule has 0 aliphatic carbocycles. The molecule has 0 spiro atoms. The zero-order valence-corrected chi connectivity index (χ0v) is 18.3. The van der Waals surface area contributed by atoms with Crippen LogP contribution in [-0.2, 0) is 11.3 Å². The number of aromatic nitrogens is 3. The number of pyridine rings is 1. The first kappa shape index (κ1) is 20.9. The Bertz CT molecular complexity index is 1220. The van der Waals surface area contributed by atoms with Crippen LogP contribution in [0.3, 0.4) is 0 Å². The van der Waals surface area contributed by atoms with Crippen LogP contribution < -0.4 is 10.1 Å². The fourth-order valence-corrected chi connectivity index (χ4v) is 3.59. The van der Waals surface area contributed by atoms with Crippen LogP contribution in [0, 0.1) is 6.92 Å². The lowest BCUT2D eigenvalue weighted by Crippen LogP contribution is -2.30. The molecule has 0 fully saturated rings. The molecule has 2 aromatic heterocycles. The molecule has 0 saturated carbocycles. The largest absolute Gasteiger partial charge is 0.464 e. The Morgan fingerprint density at radius 1 is 1.16 bits per heavy atom. The van der Waals surface area contributed by atoms with Crippen LogP contribution in [0.1, 0.15) is 19.5 Å². The molecule has 0 radical (unpaired) electrons. The number of anilines is 1. The Morgan fingerprint density at radius 3 is 2.55 bits per heavy atom. The molecular formula is C24H23ClN4O2. The fourth-order valence-electron chi connectivity index (χ4n) is 3.47. The van der Waals surface area contributed by atoms with E-state index in [2.05, 4.69) is 15.4 Å². The number of carbonyl (C=O) groups excluding carboxylic acids is 1. The van der Waals surface area contributed by atoms with Crippen molar-refractivity contribution < 1.29 is 9.53 Å². The second kappa shape index (κ2) is 8.78. The van der Waals surface area contributed by atoms with Gasteiger partial charge in [-0.1, -0.05) is 41.9 Å². The van der Waals surface area contributed by atoms with E-state index < -0.39 is 6.10 Å². The lowest BCUT2D eigenvalue weighted by Gasteiger charge is -2.15. The molecule has 158 valence electrons. The molecule has 0 saturated heterocycles. The van der Waals surface area contributed by atoms with Gasteiger partial charge in [-0.2, -0.15) is 10.1 Å². The van der Waals surface area contributed by atoms with E-state index in [1.807, 2.05) is 54.9 Å². The van der Waals surface area contributed by atoms with Gasteiger partial charge in [-0.05, 0) is 56.2 Å². The first-order valence-electron chi connectivity index (χ1n) is 10.1. The van der Waals surface area contributed by atoms with E-state index in [-0.39, 0.29) is 5.91 Å². The van der Waals surface area contributed by atoms with Crippen molar-refractivity contribution in [3.05, 3.63) is 71.4 Å². The van der Waals surface area contributed by atoms with Crippen LogP contribution in [-0.4, -0.2) is 26.8 Å². The van der Waals surface area contributed by atoms with Crippen LogP contribution in [0.2, 0.25) is 5.02 Å². The van der Waals surface area contributed by atoms with Crippen LogP contribution in [0.25, 0.3) is 22.2 Å². The van der Waals surface area contributed by atoms with Gasteiger partial charge < -0.3 is 10.1 Å². The van der Waals surface area contributed by atoms with Crippen molar-refractivity contribution in [2.45, 2.75) is 33.4 Å². The highest BCUT2D eigenvalue weighted by atomic mass is 35.5. The van der Waals surface area contributed by atoms with E-state index >= 15 is 0 Å². The first-order chi connectivity index (χ1) is 15.0. The molecule has 0 bridgehead atoms. The minimum Gasteiger partial charge on any atom is -0.464 e. The van der Waals surface area contributed by atoms with Crippen molar-refractivity contribution in [2.24, 2.45) is 0 Å². The number of halogens is 1. The zero-order chi connectivity index (χ0) is 22.0. The quantitative estimate of drug-likeness (QED) is 0.436. The third-order valence-electron chi connectivity index (χ3n) is 5.02. The number of benzene rings is 2. The number of ether oxygens (including phenoxy) is 1. The van der Waals surface area contributed by atoms with Crippen molar-refractivity contribution in [1.82, 2.24) is 14.8 Å². The topological polar surface area (TPSA) is 69.0 Å². The van der Waals surface area contributed by atoms with Gasteiger partial charge in [0.25, 0.3) is 5.91 Å². The number of fused-ring (bicyclic) bond motifs is 1. The third-order valence-corrected chi connectivity index (χ3v) is 5.27. The van der Waals surface area contributed by atoms with Crippen molar-refractivity contribution in [3.8, 4) is 17.0 Å². The summed E-state index contributed by atoms with van der Waals surface area (Å²) in [5.74, 6) is 0.102. The van der Waals surface area contributed by atoms with Gasteiger partial charge >= 0.3 is 0 Å². The number of carbonyl (C=O) groups is 1. The molecule has 7 heteroatoms. The molecule has 4 rings (SSSR count). The molecule has 1 N–H and O–H groups in total. The average Bonchev–Trinajstić information content (AvgIpc) is 3.11. The highest BCUT2D eigenvalue weighted by Crippen LogP contribution is 2.33. The summed E-state index contributed by atoms with van der Waals surface area (Å²) in [6.45, 7) is 6.38. The Kier molecular flexibility index (Phi) is 5.91. The molecule has 31 heavy (non-hydrogen) atoms. The number of hydrogen-bond donors (Lipinski definition) is 1. The smallest absolute Gasteiger partial charge is 0.265 e. The van der Waals surface area contributed by atoms with Crippen molar-refractivity contribution in [3.63, 3.8) is 0 Å². The number of hydrogen-bond acceptors (Lipinski definition) is 4. The SMILES string of the molecule is CCn1nc(C)c2c(-c3ccccc3)cc(OC(C)C(=O)Nc3ccc(Cl)cc3)nc21. The third kappa shape index (κ3) is 4.39. The van der Waals surface area contributed by atoms with Gasteiger partial charge in [0.1, 0.15) is 0 Å². The van der Waals surface area contributed by atoms with Gasteiger partial charge in [0.05, 0.1) is 11.1 Å². The molecule has 1 amide bonds. The normalized spacial score (nSPS) is 12.0. The van der Waals surface area contributed by atoms with Gasteiger partial charge in [-0.3, -0.25) is 4.79 Å². The van der Waals surface area contributed by atoms with Gasteiger partial charge in [0, 0.05) is 23.3 Å². The Morgan fingerprint density at radius 2 is 1.87 bits per heavy atom. The highest BCUT2D eigenvalue weighted by molar-refractivity contribution is 6.30. The lowest BCUT2D eigenvalue weighted by molar-refractivity contribution is -0.122. The van der Waals surface area contributed by atoms with Crippen LogP contribution in [0.5, 0.6) is 5.88 Å². The summed E-state index contributed by atoms with van der Waals surface area (Å²) >= 11 is 5.90. The molecule has 6 nitrogen and oxygen atoms in total. The highest BCUT2D eigenvalue weighted by Gasteiger charge is 2.20. The predicted molar refractivity (Wildman–Crippen MR) is 124 cm³/mol. The monoisotopic (exact) mass is 434 g/mol. The molecular weight excluding hydrogens is 412 g/mol. The predicted octanol–water partition coefficient (Wildman–Crippen LogP) is 5.49. The summed E-state index contributed by atoms with van der Waals surface area (Å²) in [7, 11) is 0.